The maximum atomic E-state index is 13.7. The number of nitrogens with one attached hydrogen (secondary N) is 1. The van der Waals surface area contributed by atoms with E-state index >= 15 is 0 Å². The van der Waals surface area contributed by atoms with Gasteiger partial charge in [0.1, 0.15) is 17.2 Å². The number of hydrogen-bond acceptors (Lipinski definition) is 5. The zero-order valence-corrected chi connectivity index (χ0v) is 12.7. The summed E-state index contributed by atoms with van der Waals surface area (Å²) in [4.78, 5) is 18.1. The number of hydrogen-bond donors (Lipinski definition) is 1. The van der Waals surface area contributed by atoms with Crippen molar-refractivity contribution in [2.24, 2.45) is 0 Å². The third kappa shape index (κ3) is 2.38. The Morgan fingerprint density at radius 2 is 2.26 bits per heavy atom. The first-order valence-electron chi connectivity index (χ1n) is 7.52. The van der Waals surface area contributed by atoms with Gasteiger partial charge in [0.15, 0.2) is 5.65 Å². The number of aromatic nitrogens is 4. The number of rotatable bonds is 3. The quantitative estimate of drug-likeness (QED) is 0.805. The van der Waals surface area contributed by atoms with E-state index in [9.17, 15) is 4.39 Å². The molecule has 1 fully saturated rings. The molecule has 0 spiro atoms. The lowest BCUT2D eigenvalue weighted by molar-refractivity contribution is 0.385. The lowest BCUT2D eigenvalue weighted by Gasteiger charge is -2.26. The fourth-order valence-electron chi connectivity index (χ4n) is 3.19. The average molecular weight is 313 g/mol. The molecule has 4 rings (SSSR count). The van der Waals surface area contributed by atoms with Gasteiger partial charge in [-0.2, -0.15) is 0 Å². The van der Waals surface area contributed by atoms with Gasteiger partial charge in [-0.15, -0.1) is 0 Å². The molecule has 1 atom stereocenters. The number of halogens is 1. The van der Waals surface area contributed by atoms with Crippen LogP contribution < -0.4 is 9.64 Å². The minimum atomic E-state index is -0.357. The number of H-pyrrole nitrogens is 1. The first-order valence-corrected chi connectivity index (χ1v) is 7.52. The van der Waals surface area contributed by atoms with E-state index in [0.717, 1.165) is 41.9 Å². The number of anilines is 1. The molecule has 7 heteroatoms. The van der Waals surface area contributed by atoms with Crippen LogP contribution in [0.5, 0.6) is 5.88 Å². The van der Waals surface area contributed by atoms with E-state index in [-0.39, 0.29) is 11.9 Å². The minimum absolute atomic E-state index is 0.000946. The van der Waals surface area contributed by atoms with Crippen molar-refractivity contribution in [2.45, 2.75) is 18.9 Å². The Morgan fingerprint density at radius 1 is 1.35 bits per heavy atom. The Balaban J connectivity index is 1.75. The average Bonchev–Trinajstić information content (AvgIpc) is 3.23. The van der Waals surface area contributed by atoms with Gasteiger partial charge in [-0.25, -0.2) is 19.3 Å². The van der Waals surface area contributed by atoms with E-state index in [4.69, 9.17) is 4.74 Å². The second-order valence-corrected chi connectivity index (χ2v) is 5.54. The maximum absolute atomic E-state index is 13.7. The second kappa shape index (κ2) is 5.49. The SMILES string of the molecule is COc1ncc(F)cc1[C@H]1CCCN1c1ccc2nc[nH]c2n1. The molecule has 6 nitrogen and oxygen atoms in total. The highest BCUT2D eigenvalue weighted by molar-refractivity contribution is 5.72. The molecule has 0 aromatic carbocycles. The summed E-state index contributed by atoms with van der Waals surface area (Å²) in [5.74, 6) is 0.950. The van der Waals surface area contributed by atoms with Crippen LogP contribution in [0.2, 0.25) is 0 Å². The smallest absolute Gasteiger partial charge is 0.218 e. The van der Waals surface area contributed by atoms with E-state index in [1.54, 1.807) is 13.4 Å². The zero-order chi connectivity index (χ0) is 15.8. The van der Waals surface area contributed by atoms with Crippen LogP contribution in [0.3, 0.4) is 0 Å². The predicted molar refractivity (Wildman–Crippen MR) is 84.0 cm³/mol. The van der Waals surface area contributed by atoms with Crippen LogP contribution in [0.4, 0.5) is 10.2 Å². The summed E-state index contributed by atoms with van der Waals surface area (Å²) in [5, 5.41) is 0. The number of fused-ring (bicyclic) bond motifs is 1. The molecule has 0 saturated carbocycles. The second-order valence-electron chi connectivity index (χ2n) is 5.54. The van der Waals surface area contributed by atoms with Gasteiger partial charge >= 0.3 is 0 Å². The summed E-state index contributed by atoms with van der Waals surface area (Å²) in [5.41, 5.74) is 2.34. The number of pyridine rings is 2. The summed E-state index contributed by atoms with van der Waals surface area (Å²) < 4.78 is 19.0. The van der Waals surface area contributed by atoms with E-state index in [0.29, 0.717) is 5.88 Å². The lowest BCUT2D eigenvalue weighted by Crippen LogP contribution is -2.24. The van der Waals surface area contributed by atoms with E-state index in [2.05, 4.69) is 24.8 Å². The van der Waals surface area contributed by atoms with Gasteiger partial charge in [0, 0.05) is 12.1 Å². The van der Waals surface area contributed by atoms with Crippen molar-refractivity contribution in [1.29, 1.82) is 0 Å². The van der Waals surface area contributed by atoms with Crippen molar-refractivity contribution in [3.63, 3.8) is 0 Å². The molecular formula is C16H16FN5O. The van der Waals surface area contributed by atoms with Gasteiger partial charge < -0.3 is 14.6 Å². The summed E-state index contributed by atoms with van der Waals surface area (Å²) in [6.45, 7) is 0.858. The molecule has 3 aromatic heterocycles. The number of nitrogens with zero attached hydrogens (tertiary/aromatic N) is 4. The molecule has 0 unspecified atom stereocenters. The van der Waals surface area contributed by atoms with Crippen LogP contribution in [0.1, 0.15) is 24.4 Å². The fraction of sp³-hybridized carbons (Fsp3) is 0.312. The number of methoxy groups -OCH3 is 1. The van der Waals surface area contributed by atoms with Crippen LogP contribution >= 0.6 is 0 Å². The Morgan fingerprint density at radius 3 is 3.13 bits per heavy atom. The molecule has 0 aliphatic carbocycles. The van der Waals surface area contributed by atoms with E-state index in [1.165, 1.54) is 12.3 Å². The van der Waals surface area contributed by atoms with Crippen molar-refractivity contribution in [3.8, 4) is 5.88 Å². The number of imidazole rings is 1. The molecule has 0 radical (unpaired) electrons. The molecule has 118 valence electrons. The molecule has 0 amide bonds. The molecule has 4 heterocycles. The standard InChI is InChI=1S/C16H16FN5O/c1-23-16-11(7-10(17)8-18-16)13-3-2-6-22(13)14-5-4-12-15(21-14)20-9-19-12/h4-5,7-9,13H,2-3,6H2,1H3,(H,19,20,21)/t13-/m1/s1. The van der Waals surface area contributed by atoms with Gasteiger partial charge in [-0.3, -0.25) is 0 Å². The summed E-state index contributed by atoms with van der Waals surface area (Å²) in [7, 11) is 1.55. The van der Waals surface area contributed by atoms with Crippen LogP contribution in [0.25, 0.3) is 11.2 Å². The highest BCUT2D eigenvalue weighted by atomic mass is 19.1. The van der Waals surface area contributed by atoms with E-state index in [1.807, 2.05) is 12.1 Å². The third-order valence-corrected chi connectivity index (χ3v) is 4.21. The number of ether oxygens (including phenoxy) is 1. The Hall–Kier alpha value is -2.70. The first-order chi connectivity index (χ1) is 11.3. The molecule has 23 heavy (non-hydrogen) atoms. The first kappa shape index (κ1) is 13.9. The van der Waals surface area contributed by atoms with Crippen molar-refractivity contribution in [1.82, 2.24) is 19.9 Å². The maximum Gasteiger partial charge on any atom is 0.218 e. The fourth-order valence-corrected chi connectivity index (χ4v) is 3.19. The van der Waals surface area contributed by atoms with Crippen molar-refractivity contribution in [3.05, 3.63) is 42.1 Å². The molecule has 3 aromatic rings. The topological polar surface area (TPSA) is 66.9 Å². The molecule has 0 bridgehead atoms. The molecule has 1 saturated heterocycles. The zero-order valence-electron chi connectivity index (χ0n) is 12.7. The van der Waals surface area contributed by atoms with Gasteiger partial charge in [0.05, 0.1) is 25.7 Å². The van der Waals surface area contributed by atoms with Crippen molar-refractivity contribution in [2.75, 3.05) is 18.6 Å². The van der Waals surface area contributed by atoms with Crippen molar-refractivity contribution >= 4 is 17.0 Å². The van der Waals surface area contributed by atoms with Crippen LogP contribution in [-0.4, -0.2) is 33.6 Å². The molecular weight excluding hydrogens is 297 g/mol. The van der Waals surface area contributed by atoms with Crippen molar-refractivity contribution < 1.29 is 9.13 Å². The molecule has 1 N–H and O–H groups in total. The predicted octanol–water partition coefficient (Wildman–Crippen LogP) is 2.84. The largest absolute Gasteiger partial charge is 0.481 e. The summed E-state index contributed by atoms with van der Waals surface area (Å²) >= 11 is 0. The third-order valence-electron chi connectivity index (χ3n) is 4.21. The summed E-state index contributed by atoms with van der Waals surface area (Å²) in [6.07, 6.45) is 4.72. The highest BCUT2D eigenvalue weighted by Crippen LogP contribution is 2.38. The Bertz CT molecular complexity index is 849. The van der Waals surface area contributed by atoms with Gasteiger partial charge in [-0.1, -0.05) is 0 Å². The van der Waals surface area contributed by atoms with Gasteiger partial charge in [-0.05, 0) is 31.0 Å². The van der Waals surface area contributed by atoms with Gasteiger partial charge in [0.2, 0.25) is 5.88 Å². The Kier molecular flexibility index (Phi) is 3.33. The van der Waals surface area contributed by atoms with E-state index < -0.39 is 0 Å². The molecule has 1 aliphatic heterocycles. The molecule has 1 aliphatic rings. The van der Waals surface area contributed by atoms with Crippen LogP contribution in [-0.2, 0) is 0 Å². The van der Waals surface area contributed by atoms with Gasteiger partial charge in [0.25, 0.3) is 0 Å². The number of aromatic amines is 1. The van der Waals surface area contributed by atoms with Crippen LogP contribution in [0.15, 0.2) is 30.7 Å². The monoisotopic (exact) mass is 313 g/mol. The summed E-state index contributed by atoms with van der Waals surface area (Å²) in [6, 6.07) is 5.38. The Labute approximate surface area is 132 Å². The highest BCUT2D eigenvalue weighted by Gasteiger charge is 2.30. The lowest BCUT2D eigenvalue weighted by atomic mass is 10.1. The van der Waals surface area contributed by atoms with Crippen LogP contribution in [0, 0.1) is 5.82 Å². The minimum Gasteiger partial charge on any atom is -0.481 e. The normalized spacial score (nSPS) is 17.8.